The van der Waals surface area contributed by atoms with Gasteiger partial charge in [-0.25, -0.2) is 0 Å². The fourth-order valence-corrected chi connectivity index (χ4v) is 3.62. The molecule has 0 unspecified atom stereocenters. The second-order valence-electron chi connectivity index (χ2n) is 6.09. The van der Waals surface area contributed by atoms with E-state index in [4.69, 9.17) is 12.2 Å². The summed E-state index contributed by atoms with van der Waals surface area (Å²) >= 11 is 5.60. The molecule has 0 amide bonds. The number of aromatic nitrogens is 2. The monoisotopic (exact) mass is 314 g/mol. The van der Waals surface area contributed by atoms with E-state index in [2.05, 4.69) is 65.8 Å². The molecule has 0 bridgehead atoms. The van der Waals surface area contributed by atoms with Crippen molar-refractivity contribution in [2.24, 2.45) is 7.05 Å². The molecule has 0 spiro atoms. The van der Waals surface area contributed by atoms with Gasteiger partial charge < -0.3 is 14.8 Å². The summed E-state index contributed by atoms with van der Waals surface area (Å²) in [5, 5.41) is 4.27. The molecule has 4 nitrogen and oxygen atoms in total. The van der Waals surface area contributed by atoms with E-state index in [1.54, 1.807) is 0 Å². The van der Waals surface area contributed by atoms with E-state index >= 15 is 0 Å². The summed E-state index contributed by atoms with van der Waals surface area (Å²) in [5.74, 6) is 0. The molecular weight excluding hydrogens is 292 g/mol. The van der Waals surface area contributed by atoms with Gasteiger partial charge in [0.25, 0.3) is 0 Å². The average Bonchev–Trinajstić information content (AvgIpc) is 3.01. The van der Waals surface area contributed by atoms with Gasteiger partial charge in [0, 0.05) is 30.7 Å². The maximum atomic E-state index is 5.60. The lowest BCUT2D eigenvalue weighted by Gasteiger charge is -2.31. The van der Waals surface area contributed by atoms with Gasteiger partial charge in [0.05, 0.1) is 17.8 Å². The highest BCUT2D eigenvalue weighted by atomic mass is 32.1. The van der Waals surface area contributed by atoms with Crippen LogP contribution in [-0.4, -0.2) is 25.6 Å². The van der Waals surface area contributed by atoms with Crippen LogP contribution in [-0.2, 0) is 7.05 Å². The molecule has 2 atom stereocenters. The summed E-state index contributed by atoms with van der Waals surface area (Å²) in [6, 6.07) is 10.9. The van der Waals surface area contributed by atoms with Crippen LogP contribution in [0, 0.1) is 6.92 Å². The van der Waals surface area contributed by atoms with E-state index in [-0.39, 0.29) is 12.1 Å². The Kier molecular flexibility index (Phi) is 3.91. The van der Waals surface area contributed by atoms with Gasteiger partial charge in [0.2, 0.25) is 0 Å². The van der Waals surface area contributed by atoms with Crippen LogP contribution in [0.1, 0.15) is 43.0 Å². The molecule has 1 N–H and O–H groups in total. The number of nitrogens with zero attached hydrogens (tertiary/aromatic N) is 3. The van der Waals surface area contributed by atoms with Crippen LogP contribution in [0.2, 0.25) is 0 Å². The highest BCUT2D eigenvalue weighted by Crippen LogP contribution is 2.39. The van der Waals surface area contributed by atoms with Gasteiger partial charge in [-0.2, -0.15) is 0 Å². The molecule has 2 aromatic rings. The van der Waals surface area contributed by atoms with Gasteiger partial charge in [0.1, 0.15) is 0 Å². The minimum absolute atomic E-state index is 0.0732. The third kappa shape index (κ3) is 2.39. The van der Waals surface area contributed by atoms with Crippen molar-refractivity contribution in [1.29, 1.82) is 0 Å². The predicted molar refractivity (Wildman–Crippen MR) is 92.6 cm³/mol. The molecule has 1 aliphatic heterocycles. The van der Waals surface area contributed by atoms with Crippen molar-refractivity contribution in [3.8, 4) is 0 Å². The topological polar surface area (TPSA) is 33.1 Å². The van der Waals surface area contributed by atoms with E-state index in [1.807, 2.05) is 18.3 Å². The third-order valence-electron chi connectivity index (χ3n) is 4.41. The third-order valence-corrected chi connectivity index (χ3v) is 4.74. The van der Waals surface area contributed by atoms with Crippen LogP contribution in [0.15, 0.2) is 36.5 Å². The number of aryl methyl sites for hydroxylation is 1. The standard InChI is InChI=1S/C17H22N4S/c1-11(2)21-16(14-9-8-12(3)20(14)4)15(19-17(21)22)13-7-5-6-10-18-13/h5-11,15-16H,1-4H3,(H,19,22)/t15-,16+/m1/s1. The molecule has 2 aromatic heterocycles. The van der Waals surface area contributed by atoms with Crippen molar-refractivity contribution < 1.29 is 0 Å². The Bertz CT molecular complexity index is 677. The molecule has 0 saturated carbocycles. The molecule has 116 valence electrons. The van der Waals surface area contributed by atoms with Crippen LogP contribution >= 0.6 is 12.2 Å². The Hall–Kier alpha value is -1.88. The Labute approximate surface area is 137 Å². The zero-order chi connectivity index (χ0) is 15.9. The number of pyridine rings is 1. The molecule has 0 aromatic carbocycles. The molecule has 1 fully saturated rings. The number of hydrogen-bond acceptors (Lipinski definition) is 2. The maximum Gasteiger partial charge on any atom is 0.170 e. The van der Waals surface area contributed by atoms with Gasteiger partial charge >= 0.3 is 0 Å². The normalized spacial score (nSPS) is 21.5. The zero-order valence-electron chi connectivity index (χ0n) is 13.4. The minimum atomic E-state index is 0.0732. The smallest absolute Gasteiger partial charge is 0.170 e. The number of nitrogens with one attached hydrogen (secondary N) is 1. The largest absolute Gasteiger partial charge is 0.352 e. The second-order valence-corrected chi connectivity index (χ2v) is 6.47. The predicted octanol–water partition coefficient (Wildman–Crippen LogP) is 3.11. The fourth-order valence-electron chi connectivity index (χ4n) is 3.17. The van der Waals surface area contributed by atoms with E-state index in [1.165, 1.54) is 11.4 Å². The Morgan fingerprint density at radius 2 is 2.00 bits per heavy atom. The van der Waals surface area contributed by atoms with E-state index < -0.39 is 0 Å². The van der Waals surface area contributed by atoms with Crippen molar-refractivity contribution in [3.63, 3.8) is 0 Å². The quantitative estimate of drug-likeness (QED) is 0.883. The van der Waals surface area contributed by atoms with Crippen LogP contribution in [0.5, 0.6) is 0 Å². The summed E-state index contributed by atoms with van der Waals surface area (Å²) in [6.45, 7) is 6.48. The highest BCUT2D eigenvalue weighted by Gasteiger charge is 2.42. The molecular formula is C17H22N4S. The molecule has 1 saturated heterocycles. The molecule has 3 rings (SSSR count). The van der Waals surface area contributed by atoms with Gasteiger partial charge in [0.15, 0.2) is 5.11 Å². The van der Waals surface area contributed by atoms with Gasteiger partial charge in [-0.05, 0) is 57.3 Å². The molecule has 0 aliphatic carbocycles. The van der Waals surface area contributed by atoms with Crippen molar-refractivity contribution in [1.82, 2.24) is 19.8 Å². The summed E-state index contributed by atoms with van der Waals surface area (Å²) < 4.78 is 2.24. The fraction of sp³-hybridized carbons (Fsp3) is 0.412. The van der Waals surface area contributed by atoms with Crippen LogP contribution in [0.25, 0.3) is 0 Å². The lowest BCUT2D eigenvalue weighted by atomic mass is 10.0. The van der Waals surface area contributed by atoms with Crippen LogP contribution in [0.4, 0.5) is 0 Å². The highest BCUT2D eigenvalue weighted by molar-refractivity contribution is 7.80. The van der Waals surface area contributed by atoms with Crippen molar-refractivity contribution in [2.75, 3.05) is 0 Å². The number of hydrogen-bond donors (Lipinski definition) is 1. The van der Waals surface area contributed by atoms with Gasteiger partial charge in [-0.1, -0.05) is 6.07 Å². The Morgan fingerprint density at radius 3 is 2.55 bits per heavy atom. The van der Waals surface area contributed by atoms with Gasteiger partial charge in [-0.15, -0.1) is 0 Å². The van der Waals surface area contributed by atoms with Crippen molar-refractivity contribution in [3.05, 3.63) is 53.6 Å². The average molecular weight is 314 g/mol. The molecule has 5 heteroatoms. The SMILES string of the molecule is Cc1ccc([C@H]2[C@@H](c3ccccn3)NC(=S)N2C(C)C)n1C. The minimum Gasteiger partial charge on any atom is -0.352 e. The first kappa shape index (κ1) is 15.0. The Balaban J connectivity index is 2.09. The first-order valence-electron chi connectivity index (χ1n) is 7.62. The second kappa shape index (κ2) is 5.72. The van der Waals surface area contributed by atoms with Gasteiger partial charge in [-0.3, -0.25) is 4.98 Å². The Morgan fingerprint density at radius 1 is 1.23 bits per heavy atom. The molecule has 3 heterocycles. The zero-order valence-corrected chi connectivity index (χ0v) is 14.3. The van der Waals surface area contributed by atoms with E-state index in [9.17, 15) is 0 Å². The van der Waals surface area contributed by atoms with Crippen LogP contribution in [0.3, 0.4) is 0 Å². The summed E-state index contributed by atoms with van der Waals surface area (Å²) in [4.78, 5) is 6.82. The van der Waals surface area contributed by atoms with Crippen molar-refractivity contribution >= 4 is 17.3 Å². The first-order chi connectivity index (χ1) is 10.5. The van der Waals surface area contributed by atoms with Crippen molar-refractivity contribution in [2.45, 2.75) is 38.9 Å². The molecule has 22 heavy (non-hydrogen) atoms. The molecule has 0 radical (unpaired) electrons. The lowest BCUT2D eigenvalue weighted by Crippen LogP contribution is -2.36. The number of thiocarbonyl (C=S) groups is 1. The summed E-state index contributed by atoms with van der Waals surface area (Å²) in [7, 11) is 2.11. The molecule has 1 aliphatic rings. The summed E-state index contributed by atoms with van der Waals surface area (Å²) in [5.41, 5.74) is 3.53. The lowest BCUT2D eigenvalue weighted by molar-refractivity contribution is 0.260. The summed E-state index contributed by atoms with van der Waals surface area (Å²) in [6.07, 6.45) is 1.84. The maximum absolute atomic E-state index is 5.60. The first-order valence-corrected chi connectivity index (χ1v) is 8.03. The van der Waals surface area contributed by atoms with E-state index in [0.29, 0.717) is 6.04 Å². The number of rotatable bonds is 3. The van der Waals surface area contributed by atoms with E-state index in [0.717, 1.165) is 10.8 Å². The van der Waals surface area contributed by atoms with Crippen LogP contribution < -0.4 is 5.32 Å².